The van der Waals surface area contributed by atoms with E-state index in [0.29, 0.717) is 19.8 Å². The quantitative estimate of drug-likeness (QED) is 0.653. The van der Waals surface area contributed by atoms with Crippen molar-refractivity contribution < 1.29 is 13.3 Å². The number of hydrogen-bond acceptors (Lipinski definition) is 3. The van der Waals surface area contributed by atoms with Crippen molar-refractivity contribution in [2.75, 3.05) is 19.8 Å². The van der Waals surface area contributed by atoms with Gasteiger partial charge in [-0.25, -0.2) is 0 Å². The van der Waals surface area contributed by atoms with E-state index in [1.807, 2.05) is 26.8 Å². The topological polar surface area (TPSA) is 27.7 Å². The number of rotatable bonds is 8. The van der Waals surface area contributed by atoms with Crippen LogP contribution in [0.15, 0.2) is 30.3 Å². The van der Waals surface area contributed by atoms with Gasteiger partial charge in [0.05, 0.1) is 0 Å². The fourth-order valence-electron chi connectivity index (χ4n) is 1.38. The molecule has 0 aliphatic carbocycles. The normalized spacial score (nSPS) is 11.7. The Morgan fingerprint density at radius 2 is 1.35 bits per heavy atom. The molecular weight excluding hydrogens is 348 g/mol. The second-order valence-electron chi connectivity index (χ2n) is 3.21. The summed E-state index contributed by atoms with van der Waals surface area (Å²) < 4.78 is 18.9. The molecular formula is C12H20O3SiTe. The van der Waals surface area contributed by atoms with Gasteiger partial charge >= 0.3 is 114 Å². The first-order chi connectivity index (χ1) is 8.26. The van der Waals surface area contributed by atoms with Crippen molar-refractivity contribution >= 4 is 30.1 Å². The molecule has 1 rings (SSSR count). The van der Waals surface area contributed by atoms with Gasteiger partial charge in [-0.05, 0) is 0 Å². The van der Waals surface area contributed by atoms with Crippen LogP contribution in [-0.2, 0) is 13.3 Å². The molecule has 0 unspecified atom stereocenters. The Balaban J connectivity index is 2.80. The Morgan fingerprint density at radius 1 is 0.882 bits per heavy atom. The zero-order valence-electron chi connectivity index (χ0n) is 10.6. The minimum absolute atomic E-state index is 0.575. The van der Waals surface area contributed by atoms with Crippen LogP contribution in [0.1, 0.15) is 20.8 Å². The molecule has 0 aliphatic heterocycles. The van der Waals surface area contributed by atoms with E-state index in [2.05, 4.69) is 24.3 Å². The standard InChI is InChI=1S/C12H20O3SiTe/c1-4-13-16(14-5-2,15-6-3)17-12-10-8-7-9-11-12/h7-11H,4-6H2,1-3H3. The molecule has 17 heavy (non-hydrogen) atoms. The van der Waals surface area contributed by atoms with Gasteiger partial charge in [0.2, 0.25) is 0 Å². The zero-order valence-corrected chi connectivity index (χ0v) is 14.0. The molecule has 0 aromatic heterocycles. The first-order valence-electron chi connectivity index (χ1n) is 5.92. The van der Waals surface area contributed by atoms with E-state index in [1.165, 1.54) is 3.61 Å². The first kappa shape index (κ1) is 15.2. The van der Waals surface area contributed by atoms with Crippen molar-refractivity contribution in [1.82, 2.24) is 0 Å². The van der Waals surface area contributed by atoms with E-state index in [1.54, 1.807) is 0 Å². The number of hydrogen-bond donors (Lipinski definition) is 0. The van der Waals surface area contributed by atoms with Crippen LogP contribution in [0.4, 0.5) is 0 Å². The Labute approximate surface area is 114 Å². The SMILES string of the molecule is CCO[Si](OCC)(OCC)[Te]c1ccccc1. The van der Waals surface area contributed by atoms with E-state index in [-0.39, 0.29) is 0 Å². The Bertz CT molecular complexity index is 291. The molecule has 0 aliphatic rings. The summed E-state index contributed by atoms with van der Waals surface area (Å²) in [5, 5.41) is 0. The van der Waals surface area contributed by atoms with Crippen molar-refractivity contribution in [3.8, 4) is 0 Å². The van der Waals surface area contributed by atoms with Gasteiger partial charge in [-0.2, -0.15) is 0 Å². The van der Waals surface area contributed by atoms with Crippen LogP contribution >= 0.6 is 0 Å². The molecule has 1 aromatic rings. The molecule has 0 amide bonds. The summed E-state index contributed by atoms with van der Waals surface area (Å²) in [6, 6.07) is 10.4. The third kappa shape index (κ3) is 5.08. The molecule has 0 fully saturated rings. The van der Waals surface area contributed by atoms with Gasteiger partial charge < -0.3 is 0 Å². The van der Waals surface area contributed by atoms with E-state index in [9.17, 15) is 0 Å². The van der Waals surface area contributed by atoms with Gasteiger partial charge in [0, 0.05) is 0 Å². The van der Waals surface area contributed by atoms with Crippen LogP contribution in [-0.4, -0.2) is 46.3 Å². The van der Waals surface area contributed by atoms with Crippen LogP contribution in [0.25, 0.3) is 0 Å². The molecule has 1 aromatic carbocycles. The van der Waals surface area contributed by atoms with Crippen LogP contribution in [0.5, 0.6) is 0 Å². The summed E-state index contributed by atoms with van der Waals surface area (Å²) in [4.78, 5) is 0. The fourth-order valence-corrected chi connectivity index (χ4v) is 11.9. The predicted octanol–water partition coefficient (Wildman–Crippen LogP) is 1.56. The van der Waals surface area contributed by atoms with Gasteiger partial charge in [0.15, 0.2) is 0 Å². The molecule has 0 bridgehead atoms. The molecule has 5 heteroatoms. The van der Waals surface area contributed by atoms with Crippen molar-refractivity contribution in [2.45, 2.75) is 20.8 Å². The predicted molar refractivity (Wildman–Crippen MR) is 72.5 cm³/mol. The zero-order chi connectivity index (χ0) is 12.6. The summed E-state index contributed by atoms with van der Waals surface area (Å²) in [5.74, 6) is 0. The molecule has 0 saturated heterocycles. The van der Waals surface area contributed by atoms with Gasteiger partial charge in [0.1, 0.15) is 0 Å². The average molecular weight is 368 g/mol. The molecule has 0 radical (unpaired) electrons. The van der Waals surface area contributed by atoms with Crippen molar-refractivity contribution in [2.24, 2.45) is 0 Å². The van der Waals surface area contributed by atoms with Crippen LogP contribution in [0.2, 0.25) is 0 Å². The number of benzene rings is 1. The summed E-state index contributed by atoms with van der Waals surface area (Å²) >= 11 is -0.575. The van der Waals surface area contributed by atoms with Gasteiger partial charge in [0.25, 0.3) is 0 Å². The van der Waals surface area contributed by atoms with Crippen LogP contribution in [0.3, 0.4) is 0 Å². The second kappa shape index (κ2) is 8.25. The Morgan fingerprint density at radius 3 is 1.76 bits per heavy atom. The molecule has 0 saturated carbocycles. The van der Waals surface area contributed by atoms with Gasteiger partial charge in [-0.15, -0.1) is 0 Å². The summed E-state index contributed by atoms with van der Waals surface area (Å²) in [5.41, 5.74) is 0. The van der Waals surface area contributed by atoms with E-state index < -0.39 is 26.5 Å². The molecule has 0 spiro atoms. The monoisotopic (exact) mass is 370 g/mol. The fraction of sp³-hybridized carbons (Fsp3) is 0.500. The molecule has 96 valence electrons. The van der Waals surface area contributed by atoms with Crippen molar-refractivity contribution in [1.29, 1.82) is 0 Å². The first-order valence-corrected chi connectivity index (χ1v) is 12.2. The molecule has 0 atom stereocenters. The summed E-state index contributed by atoms with van der Waals surface area (Å²) in [6.45, 7) is 7.96. The Kier molecular flexibility index (Phi) is 7.36. The summed E-state index contributed by atoms with van der Waals surface area (Å²) in [7, 11) is 0. The summed E-state index contributed by atoms with van der Waals surface area (Å²) in [6.07, 6.45) is -2.41. The average Bonchev–Trinajstić information content (AvgIpc) is 2.31. The van der Waals surface area contributed by atoms with Crippen molar-refractivity contribution in [3.05, 3.63) is 30.3 Å². The maximum atomic E-state index is 5.87. The van der Waals surface area contributed by atoms with E-state index >= 15 is 0 Å². The van der Waals surface area contributed by atoms with Gasteiger partial charge in [-0.3, -0.25) is 0 Å². The molecule has 0 N–H and O–H groups in total. The van der Waals surface area contributed by atoms with Crippen LogP contribution in [0, 0.1) is 0 Å². The third-order valence-electron chi connectivity index (χ3n) is 1.95. The van der Waals surface area contributed by atoms with Gasteiger partial charge in [-0.1, -0.05) is 0 Å². The van der Waals surface area contributed by atoms with Crippen LogP contribution < -0.4 is 3.61 Å². The van der Waals surface area contributed by atoms with E-state index in [4.69, 9.17) is 13.3 Å². The molecule has 0 heterocycles. The third-order valence-corrected chi connectivity index (χ3v) is 12.3. The second-order valence-corrected chi connectivity index (χ2v) is 12.7. The molecule has 3 nitrogen and oxygen atoms in total. The maximum absolute atomic E-state index is 5.87. The van der Waals surface area contributed by atoms with E-state index in [0.717, 1.165) is 0 Å². The van der Waals surface area contributed by atoms with Crippen molar-refractivity contribution in [3.63, 3.8) is 0 Å². The Hall–Kier alpha value is 0.106. The minimum atomic E-state index is -2.41.